The first kappa shape index (κ1) is 17.3. The first-order valence-corrected chi connectivity index (χ1v) is 9.54. The van der Waals surface area contributed by atoms with Crippen molar-refractivity contribution in [1.29, 1.82) is 0 Å². The van der Waals surface area contributed by atoms with Crippen molar-refractivity contribution in [3.8, 4) is 0 Å². The number of carbonyl (C=O) groups is 1. The Morgan fingerprint density at radius 1 is 1.08 bits per heavy atom. The zero-order chi connectivity index (χ0) is 16.8. The molecule has 0 radical (unpaired) electrons. The van der Waals surface area contributed by atoms with Gasteiger partial charge in [-0.1, -0.05) is 31.4 Å². The van der Waals surface area contributed by atoms with E-state index in [1.165, 1.54) is 43.4 Å². The normalized spacial score (nSPS) is 19.9. The van der Waals surface area contributed by atoms with E-state index in [-0.39, 0.29) is 11.8 Å². The van der Waals surface area contributed by atoms with Crippen molar-refractivity contribution < 1.29 is 4.79 Å². The predicted molar refractivity (Wildman–Crippen MR) is 99.2 cm³/mol. The summed E-state index contributed by atoms with van der Waals surface area (Å²) in [6.07, 6.45) is 8.63. The van der Waals surface area contributed by atoms with Crippen LogP contribution in [0.5, 0.6) is 0 Å². The molecule has 1 saturated carbocycles. The lowest BCUT2D eigenvalue weighted by Gasteiger charge is -2.33. The smallest absolute Gasteiger partial charge is 0.223 e. The molecule has 2 aliphatic rings. The average Bonchev–Trinajstić information content (AvgIpc) is 2.67. The van der Waals surface area contributed by atoms with Crippen LogP contribution >= 0.6 is 0 Å². The van der Waals surface area contributed by atoms with Gasteiger partial charge in [0.05, 0.1) is 0 Å². The standard InChI is InChI=1S/C20H31N3O/c1-23(18-5-3-2-4-6-18)19-9-7-16(8-10-19)15-22-20(24)17-11-13-21-14-12-17/h7-10,17-18,21H,2-6,11-15H2,1H3,(H,22,24). The van der Waals surface area contributed by atoms with Crippen LogP contribution in [0.25, 0.3) is 0 Å². The molecule has 0 spiro atoms. The number of amides is 1. The summed E-state index contributed by atoms with van der Waals surface area (Å²) in [5.41, 5.74) is 2.47. The zero-order valence-corrected chi connectivity index (χ0v) is 14.9. The summed E-state index contributed by atoms with van der Waals surface area (Å²) in [5.74, 6) is 0.392. The van der Waals surface area contributed by atoms with Crippen LogP contribution in [0.15, 0.2) is 24.3 Å². The van der Waals surface area contributed by atoms with Gasteiger partial charge in [0, 0.05) is 31.2 Å². The molecule has 1 aromatic rings. The highest BCUT2D eigenvalue weighted by atomic mass is 16.1. The van der Waals surface area contributed by atoms with E-state index in [0.29, 0.717) is 12.6 Å². The van der Waals surface area contributed by atoms with Gasteiger partial charge in [0.25, 0.3) is 0 Å². The second-order valence-corrected chi connectivity index (χ2v) is 7.31. The third-order valence-corrected chi connectivity index (χ3v) is 5.64. The molecule has 1 amide bonds. The summed E-state index contributed by atoms with van der Waals surface area (Å²) in [6.45, 7) is 2.55. The van der Waals surface area contributed by atoms with Gasteiger partial charge in [-0.05, 0) is 56.5 Å². The Hall–Kier alpha value is -1.55. The fourth-order valence-corrected chi connectivity index (χ4v) is 3.95. The van der Waals surface area contributed by atoms with Crippen molar-refractivity contribution in [2.75, 3.05) is 25.0 Å². The molecule has 1 aromatic carbocycles. The number of benzene rings is 1. The Morgan fingerprint density at radius 2 is 1.75 bits per heavy atom. The quantitative estimate of drug-likeness (QED) is 0.872. The maximum Gasteiger partial charge on any atom is 0.223 e. The molecule has 3 rings (SSSR count). The molecule has 132 valence electrons. The van der Waals surface area contributed by atoms with Crippen LogP contribution in [0, 0.1) is 5.92 Å². The molecule has 1 heterocycles. The topological polar surface area (TPSA) is 44.4 Å². The van der Waals surface area contributed by atoms with E-state index in [2.05, 4.69) is 46.8 Å². The zero-order valence-electron chi connectivity index (χ0n) is 14.9. The lowest BCUT2D eigenvalue weighted by Crippen LogP contribution is -2.37. The Kier molecular flexibility index (Phi) is 6.13. The first-order valence-electron chi connectivity index (χ1n) is 9.54. The fraction of sp³-hybridized carbons (Fsp3) is 0.650. The third-order valence-electron chi connectivity index (χ3n) is 5.64. The summed E-state index contributed by atoms with van der Waals surface area (Å²) in [6, 6.07) is 9.37. The van der Waals surface area contributed by atoms with Gasteiger partial charge in [0.1, 0.15) is 0 Å². The lowest BCUT2D eigenvalue weighted by molar-refractivity contribution is -0.125. The predicted octanol–water partition coefficient (Wildman–Crippen LogP) is 3.07. The van der Waals surface area contributed by atoms with E-state index in [1.807, 2.05) is 0 Å². The van der Waals surface area contributed by atoms with Gasteiger partial charge in [0.15, 0.2) is 0 Å². The Morgan fingerprint density at radius 3 is 2.42 bits per heavy atom. The number of nitrogens with zero attached hydrogens (tertiary/aromatic N) is 1. The van der Waals surface area contributed by atoms with Gasteiger partial charge in [-0.15, -0.1) is 0 Å². The van der Waals surface area contributed by atoms with Gasteiger partial charge >= 0.3 is 0 Å². The van der Waals surface area contributed by atoms with Gasteiger partial charge in [-0.2, -0.15) is 0 Å². The number of anilines is 1. The molecule has 4 heteroatoms. The molecule has 2 N–H and O–H groups in total. The largest absolute Gasteiger partial charge is 0.372 e. The molecule has 0 bridgehead atoms. The Labute approximate surface area is 146 Å². The summed E-state index contributed by atoms with van der Waals surface area (Å²) >= 11 is 0. The minimum Gasteiger partial charge on any atom is -0.372 e. The molecular formula is C20H31N3O. The highest BCUT2D eigenvalue weighted by Gasteiger charge is 2.20. The van der Waals surface area contributed by atoms with Crippen molar-refractivity contribution in [2.24, 2.45) is 5.92 Å². The molecule has 0 aromatic heterocycles. The monoisotopic (exact) mass is 329 g/mol. The lowest BCUT2D eigenvalue weighted by atomic mass is 9.94. The second-order valence-electron chi connectivity index (χ2n) is 7.31. The minimum absolute atomic E-state index is 0.183. The van der Waals surface area contributed by atoms with Crippen molar-refractivity contribution in [3.63, 3.8) is 0 Å². The summed E-state index contributed by atoms with van der Waals surface area (Å²) in [7, 11) is 2.21. The molecule has 2 fully saturated rings. The molecule has 4 nitrogen and oxygen atoms in total. The van der Waals surface area contributed by atoms with Gasteiger partial charge in [0.2, 0.25) is 5.91 Å². The number of piperidine rings is 1. The molecule has 1 aliphatic carbocycles. The maximum absolute atomic E-state index is 12.2. The molecule has 1 saturated heterocycles. The summed E-state index contributed by atoms with van der Waals surface area (Å²) < 4.78 is 0. The second kappa shape index (κ2) is 8.52. The van der Waals surface area contributed by atoms with E-state index in [9.17, 15) is 4.79 Å². The highest BCUT2D eigenvalue weighted by Crippen LogP contribution is 2.26. The molecular weight excluding hydrogens is 298 g/mol. The van der Waals surface area contributed by atoms with Crippen molar-refractivity contribution in [1.82, 2.24) is 10.6 Å². The SMILES string of the molecule is CN(c1ccc(CNC(=O)C2CCNCC2)cc1)C1CCCCC1. The van der Waals surface area contributed by atoms with Gasteiger partial charge in [-0.3, -0.25) is 4.79 Å². The number of hydrogen-bond donors (Lipinski definition) is 2. The summed E-state index contributed by atoms with van der Waals surface area (Å²) in [4.78, 5) is 14.6. The van der Waals surface area contributed by atoms with Crippen LogP contribution in [-0.2, 0) is 11.3 Å². The van der Waals surface area contributed by atoms with Gasteiger partial charge in [-0.25, -0.2) is 0 Å². The van der Waals surface area contributed by atoms with E-state index >= 15 is 0 Å². The number of hydrogen-bond acceptors (Lipinski definition) is 3. The number of nitrogens with one attached hydrogen (secondary N) is 2. The number of rotatable bonds is 5. The van der Waals surface area contributed by atoms with Crippen LogP contribution in [0.3, 0.4) is 0 Å². The molecule has 24 heavy (non-hydrogen) atoms. The average molecular weight is 329 g/mol. The van der Waals surface area contributed by atoms with E-state index in [4.69, 9.17) is 0 Å². The van der Waals surface area contributed by atoms with Crippen LogP contribution in [-0.4, -0.2) is 32.1 Å². The van der Waals surface area contributed by atoms with Crippen LogP contribution < -0.4 is 15.5 Å². The molecule has 1 aliphatic heterocycles. The maximum atomic E-state index is 12.2. The van der Waals surface area contributed by atoms with Gasteiger partial charge < -0.3 is 15.5 Å². The van der Waals surface area contributed by atoms with E-state index in [0.717, 1.165) is 25.9 Å². The first-order chi connectivity index (χ1) is 11.7. The van der Waals surface area contributed by atoms with Crippen molar-refractivity contribution in [2.45, 2.75) is 57.5 Å². The van der Waals surface area contributed by atoms with Crippen molar-refractivity contribution in [3.05, 3.63) is 29.8 Å². The van der Waals surface area contributed by atoms with E-state index in [1.54, 1.807) is 0 Å². The van der Waals surface area contributed by atoms with E-state index < -0.39 is 0 Å². The Balaban J connectivity index is 1.49. The van der Waals surface area contributed by atoms with Crippen LogP contribution in [0.1, 0.15) is 50.5 Å². The number of carbonyl (C=O) groups excluding carboxylic acids is 1. The highest BCUT2D eigenvalue weighted by molar-refractivity contribution is 5.78. The minimum atomic E-state index is 0.183. The fourth-order valence-electron chi connectivity index (χ4n) is 3.95. The Bertz CT molecular complexity index is 516. The summed E-state index contributed by atoms with van der Waals surface area (Å²) in [5, 5.41) is 6.40. The van der Waals surface area contributed by atoms with Crippen LogP contribution in [0.2, 0.25) is 0 Å². The molecule has 0 atom stereocenters. The van der Waals surface area contributed by atoms with Crippen LogP contribution in [0.4, 0.5) is 5.69 Å². The molecule has 0 unspecified atom stereocenters. The third kappa shape index (κ3) is 4.50. The van der Waals surface area contributed by atoms with Crippen molar-refractivity contribution >= 4 is 11.6 Å².